The zero-order valence-corrected chi connectivity index (χ0v) is 15.2. The molecule has 0 amide bonds. The van der Waals surface area contributed by atoms with Crippen LogP contribution in [0, 0.1) is 0 Å². The molecule has 1 aliphatic carbocycles. The molecule has 0 aliphatic heterocycles. The Kier molecular flexibility index (Phi) is 4.46. The first-order valence-electron chi connectivity index (χ1n) is 8.35. The lowest BCUT2D eigenvalue weighted by molar-refractivity contribution is 0.188. The van der Waals surface area contributed by atoms with Gasteiger partial charge in [0.15, 0.2) is 5.15 Å². The number of benzene rings is 1. The van der Waals surface area contributed by atoms with E-state index in [1.165, 1.54) is 11.1 Å². The van der Waals surface area contributed by atoms with Crippen molar-refractivity contribution in [3.05, 3.63) is 69.6 Å². The third-order valence-corrected chi connectivity index (χ3v) is 5.70. The largest absolute Gasteiger partial charge is 0.395 e. The van der Waals surface area contributed by atoms with Gasteiger partial charge in [0, 0.05) is 35.8 Å². The number of aliphatic hydroxyl groups excluding tert-OH is 1. The molecule has 2 N–H and O–H groups in total. The summed E-state index contributed by atoms with van der Waals surface area (Å²) in [5.74, 6) is 0. The van der Waals surface area contributed by atoms with Crippen molar-refractivity contribution in [2.24, 2.45) is 0 Å². The number of aliphatic hydroxyl groups is 1. The minimum absolute atomic E-state index is 0.132. The Morgan fingerprint density at radius 1 is 1.24 bits per heavy atom. The number of hydrogen-bond donors (Lipinski definition) is 2. The lowest BCUT2D eigenvalue weighted by Gasteiger charge is -2.28. The Labute approximate surface area is 156 Å². The molecule has 0 saturated heterocycles. The van der Waals surface area contributed by atoms with Gasteiger partial charge >= 0.3 is 0 Å². The van der Waals surface area contributed by atoms with E-state index < -0.39 is 0 Å². The number of hydrogen-bond acceptors (Lipinski definition) is 3. The van der Waals surface area contributed by atoms with Crippen LogP contribution in [0.15, 0.2) is 42.6 Å². The highest BCUT2D eigenvalue weighted by molar-refractivity contribution is 6.31. The van der Waals surface area contributed by atoms with E-state index in [4.69, 9.17) is 23.2 Å². The van der Waals surface area contributed by atoms with Crippen LogP contribution < -0.4 is 5.32 Å². The molecule has 1 aliphatic rings. The molecule has 130 valence electrons. The third kappa shape index (κ3) is 2.93. The van der Waals surface area contributed by atoms with Crippen LogP contribution in [0.5, 0.6) is 0 Å². The molecule has 0 radical (unpaired) electrons. The van der Waals surface area contributed by atoms with E-state index in [0.717, 1.165) is 24.2 Å². The standard InChI is InChI=1S/C19H19Cl2N3O/c20-14-6-8-24-16(18(21)23-17(24)9-14)10-22-11-19(12-25)7-5-13-3-1-2-4-15(13)19/h1-4,6,8-9,22,25H,5,7,10-12H2. The van der Waals surface area contributed by atoms with Crippen molar-refractivity contribution in [2.45, 2.75) is 24.8 Å². The van der Waals surface area contributed by atoms with Crippen molar-refractivity contribution in [3.63, 3.8) is 0 Å². The van der Waals surface area contributed by atoms with E-state index in [0.29, 0.717) is 23.3 Å². The molecule has 4 nitrogen and oxygen atoms in total. The van der Waals surface area contributed by atoms with Crippen LogP contribution in [0.4, 0.5) is 0 Å². The number of aromatic nitrogens is 2. The monoisotopic (exact) mass is 375 g/mol. The van der Waals surface area contributed by atoms with Crippen LogP contribution in [0.3, 0.4) is 0 Å². The topological polar surface area (TPSA) is 49.6 Å². The summed E-state index contributed by atoms with van der Waals surface area (Å²) in [6, 6.07) is 12.0. The normalized spacial score (nSPS) is 19.5. The molecule has 1 aromatic carbocycles. The Morgan fingerprint density at radius 3 is 2.92 bits per heavy atom. The van der Waals surface area contributed by atoms with Gasteiger partial charge in [-0.2, -0.15) is 0 Å². The summed E-state index contributed by atoms with van der Waals surface area (Å²) >= 11 is 12.3. The number of rotatable bonds is 5. The molecule has 2 heterocycles. The molecular weight excluding hydrogens is 357 g/mol. The number of aryl methyl sites for hydroxylation is 1. The van der Waals surface area contributed by atoms with Crippen LogP contribution in [0.1, 0.15) is 23.2 Å². The van der Waals surface area contributed by atoms with Crippen LogP contribution in [0.2, 0.25) is 10.2 Å². The van der Waals surface area contributed by atoms with E-state index >= 15 is 0 Å². The van der Waals surface area contributed by atoms with Gasteiger partial charge in [0.1, 0.15) is 5.65 Å². The third-order valence-electron chi connectivity index (χ3n) is 5.16. The number of pyridine rings is 1. The summed E-state index contributed by atoms with van der Waals surface area (Å²) in [6.07, 6.45) is 3.83. The molecule has 0 bridgehead atoms. The summed E-state index contributed by atoms with van der Waals surface area (Å²) in [5, 5.41) is 14.7. The van der Waals surface area contributed by atoms with Crippen LogP contribution >= 0.6 is 23.2 Å². The van der Waals surface area contributed by atoms with Crippen molar-refractivity contribution < 1.29 is 5.11 Å². The fourth-order valence-corrected chi connectivity index (χ4v) is 4.19. The first-order valence-corrected chi connectivity index (χ1v) is 9.10. The quantitative estimate of drug-likeness (QED) is 0.715. The predicted octanol–water partition coefficient (Wildman–Crippen LogP) is 3.61. The summed E-state index contributed by atoms with van der Waals surface area (Å²) in [4.78, 5) is 4.35. The van der Waals surface area contributed by atoms with Crippen molar-refractivity contribution in [1.82, 2.24) is 14.7 Å². The summed E-state index contributed by atoms with van der Waals surface area (Å²) < 4.78 is 1.94. The van der Waals surface area contributed by atoms with Crippen molar-refractivity contribution in [2.75, 3.05) is 13.2 Å². The number of halogens is 2. The maximum atomic E-state index is 10.1. The molecule has 4 rings (SSSR count). The van der Waals surface area contributed by atoms with Crippen molar-refractivity contribution >= 4 is 28.8 Å². The second-order valence-electron chi connectivity index (χ2n) is 6.62. The molecule has 0 fully saturated rings. The molecule has 6 heteroatoms. The second-order valence-corrected chi connectivity index (χ2v) is 7.42. The summed E-state index contributed by atoms with van der Waals surface area (Å²) in [5.41, 5.74) is 3.99. The van der Waals surface area contributed by atoms with Crippen LogP contribution in [-0.2, 0) is 18.4 Å². The molecule has 0 saturated carbocycles. The van der Waals surface area contributed by atoms with Gasteiger partial charge in [0.05, 0.1) is 12.3 Å². The Morgan fingerprint density at radius 2 is 2.08 bits per heavy atom. The average molecular weight is 376 g/mol. The molecule has 1 unspecified atom stereocenters. The van der Waals surface area contributed by atoms with E-state index in [2.05, 4.69) is 28.5 Å². The Balaban J connectivity index is 1.54. The minimum Gasteiger partial charge on any atom is -0.395 e. The van der Waals surface area contributed by atoms with Crippen molar-refractivity contribution in [3.8, 4) is 0 Å². The molecule has 1 atom stereocenters. The van der Waals surface area contributed by atoms with Gasteiger partial charge in [-0.3, -0.25) is 0 Å². The van der Waals surface area contributed by atoms with E-state index in [1.54, 1.807) is 6.07 Å². The highest BCUT2D eigenvalue weighted by Crippen LogP contribution is 2.38. The molecular formula is C19H19Cl2N3O. The first-order chi connectivity index (χ1) is 12.1. The Bertz CT molecular complexity index is 924. The zero-order valence-electron chi connectivity index (χ0n) is 13.7. The SMILES string of the molecule is OCC1(CNCc2c(Cl)nc3cc(Cl)ccn23)CCc2ccccc21. The number of imidazole rings is 1. The average Bonchev–Trinajstić information content (AvgIpc) is 3.13. The van der Waals surface area contributed by atoms with Gasteiger partial charge in [-0.05, 0) is 30.0 Å². The van der Waals surface area contributed by atoms with E-state index in [-0.39, 0.29) is 12.0 Å². The first kappa shape index (κ1) is 16.9. The summed E-state index contributed by atoms with van der Waals surface area (Å²) in [7, 11) is 0. The van der Waals surface area contributed by atoms with E-state index in [1.807, 2.05) is 22.7 Å². The number of fused-ring (bicyclic) bond motifs is 2. The fraction of sp³-hybridized carbons (Fsp3) is 0.316. The highest BCUT2D eigenvalue weighted by atomic mass is 35.5. The molecule has 2 aromatic heterocycles. The lowest BCUT2D eigenvalue weighted by atomic mass is 9.82. The highest BCUT2D eigenvalue weighted by Gasteiger charge is 2.37. The molecule has 0 spiro atoms. The van der Waals surface area contributed by atoms with Crippen molar-refractivity contribution in [1.29, 1.82) is 0 Å². The van der Waals surface area contributed by atoms with Crippen LogP contribution in [-0.4, -0.2) is 27.6 Å². The maximum Gasteiger partial charge on any atom is 0.152 e. The zero-order chi connectivity index (χ0) is 17.4. The second kappa shape index (κ2) is 6.61. The molecule has 3 aromatic rings. The van der Waals surface area contributed by atoms with Gasteiger partial charge in [-0.1, -0.05) is 47.5 Å². The van der Waals surface area contributed by atoms with E-state index in [9.17, 15) is 5.11 Å². The smallest absolute Gasteiger partial charge is 0.152 e. The van der Waals surface area contributed by atoms with Gasteiger partial charge in [0.25, 0.3) is 0 Å². The predicted molar refractivity (Wildman–Crippen MR) is 100 cm³/mol. The van der Waals surface area contributed by atoms with Crippen LogP contribution in [0.25, 0.3) is 5.65 Å². The lowest BCUT2D eigenvalue weighted by Crippen LogP contribution is -2.39. The number of nitrogens with zero attached hydrogens (tertiary/aromatic N) is 2. The number of nitrogens with one attached hydrogen (secondary N) is 1. The minimum atomic E-state index is -0.229. The van der Waals surface area contributed by atoms with Gasteiger partial charge in [-0.15, -0.1) is 0 Å². The maximum absolute atomic E-state index is 10.1. The Hall–Kier alpha value is -1.59. The van der Waals surface area contributed by atoms with Gasteiger partial charge in [-0.25, -0.2) is 4.98 Å². The fourth-order valence-electron chi connectivity index (χ4n) is 3.79. The summed E-state index contributed by atoms with van der Waals surface area (Å²) in [6.45, 7) is 1.40. The molecule has 25 heavy (non-hydrogen) atoms. The van der Waals surface area contributed by atoms with Gasteiger partial charge in [0.2, 0.25) is 0 Å². The van der Waals surface area contributed by atoms with Gasteiger partial charge < -0.3 is 14.8 Å².